The Bertz CT molecular complexity index is 302. The molecule has 0 saturated carbocycles. The zero-order chi connectivity index (χ0) is 14.4. The summed E-state index contributed by atoms with van der Waals surface area (Å²) in [5.74, 6) is 0.130. The Balaban J connectivity index is 1.70. The van der Waals surface area contributed by atoms with E-state index in [0.29, 0.717) is 6.54 Å². The molecule has 0 atom stereocenters. The first kappa shape index (κ1) is 15.7. The maximum absolute atomic E-state index is 12.0. The maximum Gasteiger partial charge on any atom is 0.234 e. The van der Waals surface area contributed by atoms with Crippen LogP contribution in [-0.2, 0) is 9.53 Å². The van der Waals surface area contributed by atoms with Crippen LogP contribution < -0.4 is 5.32 Å². The van der Waals surface area contributed by atoms with Crippen molar-refractivity contribution >= 4 is 5.91 Å². The average molecular weight is 284 g/mol. The van der Waals surface area contributed by atoms with Crippen LogP contribution in [0, 0.1) is 5.41 Å². The van der Waals surface area contributed by atoms with Crippen molar-refractivity contribution in [2.75, 3.05) is 39.5 Å². The second-order valence-electron chi connectivity index (χ2n) is 6.24. The van der Waals surface area contributed by atoms with Crippen molar-refractivity contribution in [3.63, 3.8) is 0 Å². The van der Waals surface area contributed by atoms with Gasteiger partial charge in [0.2, 0.25) is 5.91 Å². The third kappa shape index (κ3) is 4.17. The smallest absolute Gasteiger partial charge is 0.234 e. The van der Waals surface area contributed by atoms with E-state index in [1.807, 2.05) is 0 Å². The van der Waals surface area contributed by atoms with E-state index < -0.39 is 0 Å². The Morgan fingerprint density at radius 3 is 2.55 bits per heavy atom. The molecule has 1 amide bonds. The first-order valence-corrected chi connectivity index (χ1v) is 7.88. The number of ether oxygens (including phenoxy) is 1. The molecule has 2 rings (SSSR count). The summed E-state index contributed by atoms with van der Waals surface area (Å²) in [7, 11) is 0. The fourth-order valence-electron chi connectivity index (χ4n) is 3.13. The SMILES string of the molecule is CCC1(CO)CCN(CC(=O)NC2CCOCC2)CC1. The van der Waals surface area contributed by atoms with E-state index in [0.717, 1.165) is 58.4 Å². The number of piperidine rings is 1. The topological polar surface area (TPSA) is 61.8 Å². The number of hydrogen-bond acceptors (Lipinski definition) is 4. The number of nitrogens with one attached hydrogen (secondary N) is 1. The number of carbonyl (C=O) groups excluding carboxylic acids is 1. The van der Waals surface area contributed by atoms with Crippen LogP contribution in [0.4, 0.5) is 0 Å². The molecule has 0 aromatic heterocycles. The number of hydrogen-bond donors (Lipinski definition) is 2. The molecular formula is C15H28N2O3. The highest BCUT2D eigenvalue weighted by Gasteiger charge is 2.32. The van der Waals surface area contributed by atoms with Gasteiger partial charge < -0.3 is 15.2 Å². The zero-order valence-electron chi connectivity index (χ0n) is 12.6. The minimum absolute atomic E-state index is 0.0910. The molecule has 0 aliphatic carbocycles. The van der Waals surface area contributed by atoms with Crippen molar-refractivity contribution in [1.82, 2.24) is 10.2 Å². The molecule has 20 heavy (non-hydrogen) atoms. The predicted molar refractivity (Wildman–Crippen MR) is 77.5 cm³/mol. The lowest BCUT2D eigenvalue weighted by molar-refractivity contribution is -0.124. The van der Waals surface area contributed by atoms with Crippen molar-refractivity contribution < 1.29 is 14.6 Å². The van der Waals surface area contributed by atoms with E-state index in [1.165, 1.54) is 0 Å². The Morgan fingerprint density at radius 2 is 2.00 bits per heavy atom. The number of amides is 1. The largest absolute Gasteiger partial charge is 0.396 e. The Morgan fingerprint density at radius 1 is 1.35 bits per heavy atom. The molecule has 0 unspecified atom stereocenters. The quantitative estimate of drug-likeness (QED) is 0.783. The summed E-state index contributed by atoms with van der Waals surface area (Å²) in [6, 6.07) is 0.285. The third-order valence-corrected chi connectivity index (χ3v) is 4.96. The van der Waals surface area contributed by atoms with Crippen LogP contribution in [0.2, 0.25) is 0 Å². The van der Waals surface area contributed by atoms with E-state index in [-0.39, 0.29) is 24.0 Å². The average Bonchev–Trinajstić information content (AvgIpc) is 2.49. The Labute approximate surface area is 121 Å². The molecule has 0 bridgehead atoms. The summed E-state index contributed by atoms with van der Waals surface area (Å²) in [4.78, 5) is 14.2. The number of nitrogens with zero attached hydrogens (tertiary/aromatic N) is 1. The van der Waals surface area contributed by atoms with Gasteiger partial charge >= 0.3 is 0 Å². The first-order valence-electron chi connectivity index (χ1n) is 7.88. The van der Waals surface area contributed by atoms with Crippen LogP contribution in [0.25, 0.3) is 0 Å². The minimum Gasteiger partial charge on any atom is -0.396 e. The van der Waals surface area contributed by atoms with E-state index in [4.69, 9.17) is 4.74 Å². The van der Waals surface area contributed by atoms with Crippen LogP contribution in [0.15, 0.2) is 0 Å². The van der Waals surface area contributed by atoms with Crippen molar-refractivity contribution in [2.24, 2.45) is 5.41 Å². The lowest BCUT2D eigenvalue weighted by atomic mass is 9.77. The van der Waals surface area contributed by atoms with Crippen LogP contribution in [0.1, 0.15) is 39.0 Å². The summed E-state index contributed by atoms with van der Waals surface area (Å²) in [6.07, 6.45) is 4.85. The highest BCUT2D eigenvalue weighted by atomic mass is 16.5. The minimum atomic E-state index is 0.0910. The normalized spacial score (nSPS) is 24.5. The first-order chi connectivity index (χ1) is 9.67. The Kier molecular flexibility index (Phi) is 5.81. The van der Waals surface area contributed by atoms with Crippen LogP contribution in [0.5, 0.6) is 0 Å². The monoisotopic (exact) mass is 284 g/mol. The van der Waals surface area contributed by atoms with Gasteiger partial charge in [0.1, 0.15) is 0 Å². The summed E-state index contributed by atoms with van der Waals surface area (Å²) < 4.78 is 5.29. The molecule has 5 heteroatoms. The van der Waals surface area contributed by atoms with E-state index in [9.17, 15) is 9.90 Å². The van der Waals surface area contributed by atoms with Crippen molar-refractivity contribution in [3.8, 4) is 0 Å². The van der Waals surface area contributed by atoms with Gasteiger partial charge in [0.05, 0.1) is 6.54 Å². The third-order valence-electron chi connectivity index (χ3n) is 4.96. The van der Waals surface area contributed by atoms with Gasteiger partial charge in [-0.1, -0.05) is 6.92 Å². The number of rotatable bonds is 5. The second kappa shape index (κ2) is 7.38. The molecule has 2 fully saturated rings. The van der Waals surface area contributed by atoms with Gasteiger partial charge in [-0.15, -0.1) is 0 Å². The zero-order valence-corrected chi connectivity index (χ0v) is 12.6. The molecule has 2 N–H and O–H groups in total. The lowest BCUT2D eigenvalue weighted by Crippen LogP contribution is -2.48. The summed E-state index contributed by atoms with van der Waals surface area (Å²) in [5, 5.41) is 12.6. The van der Waals surface area contributed by atoms with Crippen molar-refractivity contribution in [1.29, 1.82) is 0 Å². The molecule has 116 valence electrons. The van der Waals surface area contributed by atoms with Gasteiger partial charge in [-0.05, 0) is 50.6 Å². The maximum atomic E-state index is 12.0. The van der Waals surface area contributed by atoms with Gasteiger partial charge in [-0.3, -0.25) is 9.69 Å². The van der Waals surface area contributed by atoms with Crippen molar-refractivity contribution in [2.45, 2.75) is 45.1 Å². The highest BCUT2D eigenvalue weighted by Crippen LogP contribution is 2.33. The molecule has 5 nitrogen and oxygen atoms in total. The fourth-order valence-corrected chi connectivity index (χ4v) is 3.13. The molecule has 0 aromatic rings. The van der Waals surface area contributed by atoms with Gasteiger partial charge in [-0.2, -0.15) is 0 Å². The number of carbonyl (C=O) groups is 1. The molecule has 2 aliphatic rings. The van der Waals surface area contributed by atoms with Crippen LogP contribution in [-0.4, -0.2) is 61.4 Å². The molecular weight excluding hydrogens is 256 g/mol. The summed E-state index contributed by atoms with van der Waals surface area (Å²) in [6.45, 7) is 6.23. The number of aliphatic hydroxyl groups is 1. The summed E-state index contributed by atoms with van der Waals surface area (Å²) >= 11 is 0. The molecule has 2 saturated heterocycles. The standard InChI is InChI=1S/C15H28N2O3/c1-2-15(12-18)5-7-17(8-6-15)11-14(19)16-13-3-9-20-10-4-13/h13,18H,2-12H2,1H3,(H,16,19). The van der Waals surface area contributed by atoms with Gasteiger partial charge in [0.25, 0.3) is 0 Å². The fraction of sp³-hybridized carbons (Fsp3) is 0.933. The molecule has 2 heterocycles. The van der Waals surface area contributed by atoms with Gasteiger partial charge in [0.15, 0.2) is 0 Å². The van der Waals surface area contributed by atoms with E-state index in [2.05, 4.69) is 17.1 Å². The molecule has 0 radical (unpaired) electrons. The van der Waals surface area contributed by atoms with E-state index >= 15 is 0 Å². The number of likely N-dealkylation sites (tertiary alicyclic amines) is 1. The second-order valence-corrected chi connectivity index (χ2v) is 6.24. The number of aliphatic hydroxyl groups excluding tert-OH is 1. The highest BCUT2D eigenvalue weighted by molar-refractivity contribution is 5.78. The predicted octanol–water partition coefficient (Wildman–Crippen LogP) is 0.766. The van der Waals surface area contributed by atoms with Crippen molar-refractivity contribution in [3.05, 3.63) is 0 Å². The Hall–Kier alpha value is -0.650. The summed E-state index contributed by atoms with van der Waals surface area (Å²) in [5.41, 5.74) is 0.0910. The van der Waals surface area contributed by atoms with Gasteiger partial charge in [0, 0.05) is 25.9 Å². The van der Waals surface area contributed by atoms with Gasteiger partial charge in [-0.25, -0.2) is 0 Å². The molecule has 0 aromatic carbocycles. The van der Waals surface area contributed by atoms with Crippen LogP contribution >= 0.6 is 0 Å². The molecule has 2 aliphatic heterocycles. The lowest BCUT2D eigenvalue weighted by Gasteiger charge is -2.40. The van der Waals surface area contributed by atoms with E-state index in [1.54, 1.807) is 0 Å². The molecule has 0 spiro atoms. The van der Waals surface area contributed by atoms with Crippen LogP contribution in [0.3, 0.4) is 0 Å².